The van der Waals surface area contributed by atoms with Crippen molar-refractivity contribution in [2.24, 2.45) is 0 Å². The molecule has 0 saturated carbocycles. The van der Waals surface area contributed by atoms with E-state index in [0.717, 1.165) is 25.9 Å². The monoisotopic (exact) mass is 406 g/mol. The summed E-state index contributed by atoms with van der Waals surface area (Å²) >= 11 is 0. The van der Waals surface area contributed by atoms with Crippen LogP contribution >= 0.6 is 0 Å². The van der Waals surface area contributed by atoms with Crippen molar-refractivity contribution >= 4 is 6.09 Å². The molecule has 1 amide bonds. The van der Waals surface area contributed by atoms with E-state index in [2.05, 4.69) is 60.0 Å². The van der Waals surface area contributed by atoms with Crippen molar-refractivity contribution in [3.63, 3.8) is 0 Å². The van der Waals surface area contributed by atoms with Gasteiger partial charge in [0.1, 0.15) is 5.60 Å². The Labute approximate surface area is 181 Å². The topological polar surface area (TPSA) is 32.8 Å². The van der Waals surface area contributed by atoms with Gasteiger partial charge in [-0.2, -0.15) is 0 Å². The molecule has 1 fully saturated rings. The molecule has 0 N–H and O–H groups in total. The average molecular weight is 407 g/mol. The van der Waals surface area contributed by atoms with E-state index in [1.807, 2.05) is 43.9 Å². The fourth-order valence-corrected chi connectivity index (χ4v) is 4.14. The van der Waals surface area contributed by atoms with Crippen LogP contribution in [0.4, 0.5) is 4.79 Å². The van der Waals surface area contributed by atoms with E-state index in [1.165, 1.54) is 11.1 Å². The number of carbonyl (C=O) groups is 1. The van der Waals surface area contributed by atoms with E-state index in [0.29, 0.717) is 6.54 Å². The first-order chi connectivity index (χ1) is 14.4. The van der Waals surface area contributed by atoms with Gasteiger partial charge < -0.3 is 9.64 Å². The quantitative estimate of drug-likeness (QED) is 0.582. The van der Waals surface area contributed by atoms with Crippen LogP contribution in [0.1, 0.15) is 44.7 Å². The van der Waals surface area contributed by atoms with E-state index in [4.69, 9.17) is 4.74 Å². The summed E-state index contributed by atoms with van der Waals surface area (Å²) in [4.78, 5) is 17.2. The van der Waals surface area contributed by atoms with Crippen LogP contribution in [0.5, 0.6) is 0 Å². The zero-order chi connectivity index (χ0) is 21.6. The van der Waals surface area contributed by atoms with Crippen molar-refractivity contribution in [1.29, 1.82) is 0 Å². The fraction of sp³-hybridized carbons (Fsp3) is 0.423. The van der Waals surface area contributed by atoms with Gasteiger partial charge in [-0.15, -0.1) is 6.58 Å². The number of amides is 1. The Balaban J connectivity index is 1.86. The van der Waals surface area contributed by atoms with E-state index in [9.17, 15) is 4.79 Å². The Hall–Kier alpha value is -2.59. The number of benzene rings is 2. The molecule has 0 radical (unpaired) electrons. The normalized spacial score (nSPS) is 19.5. The smallest absolute Gasteiger partial charge is 0.410 e. The second-order valence-corrected chi connectivity index (χ2v) is 8.99. The standard InChI is InChI=1S/C26H34N2O2/c1-5-23-24(17-12-18-28(23)25(29)30-26(2,3)4)27(19-21-13-8-6-9-14-21)20-22-15-10-7-11-16-22/h5-11,13-16,23-24H,1,12,17-20H2,2-4H3/t23-,24+/m1/s1. The minimum Gasteiger partial charge on any atom is -0.444 e. The van der Waals surface area contributed by atoms with Crippen molar-refractivity contribution in [2.75, 3.05) is 6.54 Å². The summed E-state index contributed by atoms with van der Waals surface area (Å²) in [5.41, 5.74) is 2.03. The molecule has 2 aromatic rings. The molecular formula is C26H34N2O2. The first-order valence-electron chi connectivity index (χ1n) is 10.8. The lowest BCUT2D eigenvalue weighted by molar-refractivity contribution is -0.00387. The first kappa shape index (κ1) is 22.1. The Kier molecular flexibility index (Phi) is 7.33. The second-order valence-electron chi connectivity index (χ2n) is 8.99. The lowest BCUT2D eigenvalue weighted by Crippen LogP contribution is -2.56. The van der Waals surface area contributed by atoms with Gasteiger partial charge in [0.2, 0.25) is 0 Å². The molecule has 0 aromatic heterocycles. The third kappa shape index (κ3) is 5.96. The Morgan fingerprint density at radius 2 is 1.60 bits per heavy atom. The van der Waals surface area contributed by atoms with Crippen molar-refractivity contribution in [2.45, 2.75) is 64.4 Å². The van der Waals surface area contributed by atoms with E-state index >= 15 is 0 Å². The van der Waals surface area contributed by atoms with Crippen molar-refractivity contribution in [3.8, 4) is 0 Å². The summed E-state index contributed by atoms with van der Waals surface area (Å²) in [5, 5.41) is 0. The largest absolute Gasteiger partial charge is 0.444 e. The lowest BCUT2D eigenvalue weighted by atomic mass is 9.93. The van der Waals surface area contributed by atoms with Crippen molar-refractivity contribution in [1.82, 2.24) is 9.80 Å². The maximum atomic E-state index is 12.9. The maximum Gasteiger partial charge on any atom is 0.410 e. The zero-order valence-electron chi connectivity index (χ0n) is 18.5. The third-order valence-electron chi connectivity index (χ3n) is 5.45. The van der Waals surface area contributed by atoms with Crippen LogP contribution in [0.25, 0.3) is 0 Å². The van der Waals surface area contributed by atoms with Crippen molar-refractivity contribution in [3.05, 3.63) is 84.4 Å². The number of nitrogens with zero attached hydrogens (tertiary/aromatic N) is 2. The van der Waals surface area contributed by atoms with Crippen LogP contribution < -0.4 is 0 Å². The number of ether oxygens (including phenoxy) is 1. The number of hydrogen-bond acceptors (Lipinski definition) is 3. The maximum absolute atomic E-state index is 12.9. The highest BCUT2D eigenvalue weighted by Crippen LogP contribution is 2.28. The molecule has 1 saturated heterocycles. The number of carbonyl (C=O) groups excluding carboxylic acids is 1. The highest BCUT2D eigenvalue weighted by atomic mass is 16.6. The minimum absolute atomic E-state index is 0.0824. The Morgan fingerprint density at radius 3 is 2.07 bits per heavy atom. The van der Waals surface area contributed by atoms with E-state index in [-0.39, 0.29) is 18.2 Å². The van der Waals surface area contributed by atoms with Gasteiger partial charge in [-0.05, 0) is 44.7 Å². The second kappa shape index (κ2) is 9.94. The molecule has 2 atom stereocenters. The minimum atomic E-state index is -0.510. The molecule has 0 bridgehead atoms. The summed E-state index contributed by atoms with van der Waals surface area (Å²) in [6, 6.07) is 21.2. The van der Waals surface area contributed by atoms with Crippen LogP contribution in [-0.2, 0) is 17.8 Å². The summed E-state index contributed by atoms with van der Waals surface area (Å²) in [6.45, 7) is 12.2. The van der Waals surface area contributed by atoms with Crippen LogP contribution in [0, 0.1) is 0 Å². The molecule has 0 aliphatic carbocycles. The molecule has 3 rings (SSSR count). The summed E-state index contributed by atoms with van der Waals surface area (Å²) in [5.74, 6) is 0. The molecule has 0 unspecified atom stereocenters. The molecule has 2 aromatic carbocycles. The molecule has 1 aliphatic heterocycles. The summed E-state index contributed by atoms with van der Waals surface area (Å²) < 4.78 is 5.69. The molecule has 0 spiro atoms. The highest BCUT2D eigenvalue weighted by Gasteiger charge is 2.37. The van der Waals surface area contributed by atoms with Gasteiger partial charge in [-0.1, -0.05) is 66.7 Å². The van der Waals surface area contributed by atoms with Gasteiger partial charge >= 0.3 is 6.09 Å². The van der Waals surface area contributed by atoms with Gasteiger partial charge in [0, 0.05) is 25.7 Å². The predicted molar refractivity (Wildman–Crippen MR) is 122 cm³/mol. The number of likely N-dealkylation sites (tertiary alicyclic amines) is 1. The van der Waals surface area contributed by atoms with E-state index < -0.39 is 5.60 Å². The molecule has 30 heavy (non-hydrogen) atoms. The molecule has 4 heteroatoms. The average Bonchev–Trinajstić information content (AvgIpc) is 2.73. The molecule has 1 aliphatic rings. The van der Waals surface area contributed by atoms with Gasteiger partial charge in [-0.3, -0.25) is 4.90 Å². The first-order valence-corrected chi connectivity index (χ1v) is 10.8. The summed E-state index contributed by atoms with van der Waals surface area (Å²) in [6.07, 6.45) is 3.64. The van der Waals surface area contributed by atoms with Crippen molar-refractivity contribution < 1.29 is 9.53 Å². The number of hydrogen-bond donors (Lipinski definition) is 0. The Morgan fingerprint density at radius 1 is 1.07 bits per heavy atom. The molecule has 4 nitrogen and oxygen atoms in total. The molecule has 1 heterocycles. The number of piperidine rings is 1. The van der Waals surface area contributed by atoms with Crippen LogP contribution in [0.3, 0.4) is 0 Å². The summed E-state index contributed by atoms with van der Waals surface area (Å²) in [7, 11) is 0. The molecular weight excluding hydrogens is 372 g/mol. The lowest BCUT2D eigenvalue weighted by Gasteiger charge is -2.45. The van der Waals surface area contributed by atoms with Crippen LogP contribution in [0.2, 0.25) is 0 Å². The molecule has 160 valence electrons. The van der Waals surface area contributed by atoms with Gasteiger partial charge in [0.25, 0.3) is 0 Å². The fourth-order valence-electron chi connectivity index (χ4n) is 4.14. The number of rotatable bonds is 6. The predicted octanol–water partition coefficient (Wildman–Crippen LogP) is 5.64. The van der Waals surface area contributed by atoms with Gasteiger partial charge in [0.05, 0.1) is 6.04 Å². The van der Waals surface area contributed by atoms with Gasteiger partial charge in [-0.25, -0.2) is 4.79 Å². The van der Waals surface area contributed by atoms with Crippen LogP contribution in [-0.4, -0.2) is 40.1 Å². The SMILES string of the molecule is C=C[C@@H]1[C@@H](N(Cc2ccccc2)Cc2ccccc2)CCCN1C(=O)OC(C)(C)C. The Bertz CT molecular complexity index is 772. The zero-order valence-corrected chi connectivity index (χ0v) is 18.5. The third-order valence-corrected chi connectivity index (χ3v) is 5.45. The highest BCUT2D eigenvalue weighted by molar-refractivity contribution is 5.69. The van der Waals surface area contributed by atoms with E-state index in [1.54, 1.807) is 0 Å². The van der Waals surface area contributed by atoms with Crippen LogP contribution in [0.15, 0.2) is 73.3 Å². The van der Waals surface area contributed by atoms with Gasteiger partial charge in [0.15, 0.2) is 0 Å².